The summed E-state index contributed by atoms with van der Waals surface area (Å²) in [5, 5.41) is 50.9. The van der Waals surface area contributed by atoms with Gasteiger partial charge in [-0.3, -0.25) is 4.79 Å². The Bertz CT molecular complexity index is 1250. The van der Waals surface area contributed by atoms with Crippen LogP contribution in [0, 0.1) is 23.4 Å². The number of aliphatic hydroxyl groups is 4. The Kier molecular flexibility index (Phi) is 10.0. The van der Waals surface area contributed by atoms with Crippen molar-refractivity contribution in [2.45, 2.75) is 79.2 Å². The summed E-state index contributed by atoms with van der Waals surface area (Å²) in [7, 11) is 1.69. The van der Waals surface area contributed by atoms with E-state index in [1.807, 2.05) is 0 Å². The van der Waals surface area contributed by atoms with Crippen LogP contribution in [0.25, 0.3) is 11.3 Å². The highest BCUT2D eigenvalue weighted by atomic mass is 32.2. The zero-order valence-corrected chi connectivity index (χ0v) is 24.5. The predicted molar refractivity (Wildman–Crippen MR) is 148 cm³/mol. The minimum Gasteiger partial charge on any atom is -0.394 e. The van der Waals surface area contributed by atoms with E-state index in [2.05, 4.69) is 10.3 Å². The molecule has 0 spiro atoms. The van der Waals surface area contributed by atoms with Gasteiger partial charge in [-0.25, -0.2) is 17.9 Å². The predicted octanol–water partition coefficient (Wildman–Crippen LogP) is 1.63. The third-order valence-corrected chi connectivity index (χ3v) is 10.2. The molecule has 11 nitrogen and oxygen atoms in total. The highest BCUT2D eigenvalue weighted by molar-refractivity contribution is 8.01. The molecule has 2 aliphatic heterocycles. The summed E-state index contributed by atoms with van der Waals surface area (Å²) < 4.78 is 53.5. The number of thioether (sulfide) groups is 1. The molecule has 4 N–H and O–H groups in total. The van der Waals surface area contributed by atoms with Gasteiger partial charge in [-0.05, 0) is 30.9 Å². The lowest BCUT2D eigenvalue weighted by molar-refractivity contribution is -0.179. The van der Waals surface area contributed by atoms with E-state index in [4.69, 9.17) is 9.47 Å². The number of amides is 1. The first-order valence-corrected chi connectivity index (χ1v) is 15.4. The van der Waals surface area contributed by atoms with Crippen LogP contribution in [0.4, 0.5) is 13.2 Å². The van der Waals surface area contributed by atoms with Crippen LogP contribution in [0.15, 0.2) is 18.3 Å². The summed E-state index contributed by atoms with van der Waals surface area (Å²) in [4.78, 5) is 15.5. The summed E-state index contributed by atoms with van der Waals surface area (Å²) in [6.45, 7) is 0.376. The van der Waals surface area contributed by atoms with Crippen molar-refractivity contribution < 1.29 is 47.9 Å². The van der Waals surface area contributed by atoms with Crippen LogP contribution in [-0.4, -0.2) is 114 Å². The number of aromatic nitrogens is 3. The standard InChI is InChI=1S/C28H37F3N4O7S/c1-34(12-15-4-2-3-5-15)26(39)25(28(40)6-8-41-9-7-28)43-27-24(38)22(23(37)20(14-36)42-27)35-13-19(32-33-35)16-10-17(29)21(31)18(30)11-16/h10-11,13,15,20,22-25,27,36-38,40H,2-9,12,14H2,1H3/t20-,22+,23+,24-,25-,27+/m1/s1. The monoisotopic (exact) mass is 630 g/mol. The third kappa shape index (κ3) is 6.72. The zero-order chi connectivity index (χ0) is 30.9. The van der Waals surface area contributed by atoms with Gasteiger partial charge in [-0.2, -0.15) is 0 Å². The molecule has 5 rings (SSSR count). The molecular formula is C28H37F3N4O7S. The number of aliphatic hydroxyl groups excluding tert-OH is 3. The number of carbonyl (C=O) groups excluding carboxylic acids is 1. The average molecular weight is 631 g/mol. The average Bonchev–Trinajstić information content (AvgIpc) is 3.68. The fraction of sp³-hybridized carbons (Fsp3) is 0.679. The van der Waals surface area contributed by atoms with Gasteiger partial charge in [0.2, 0.25) is 5.91 Å². The van der Waals surface area contributed by atoms with Gasteiger partial charge in [0.05, 0.1) is 18.4 Å². The number of carbonyl (C=O) groups is 1. The molecule has 0 bridgehead atoms. The SMILES string of the molecule is CN(CC1CCCC1)C(=O)[C@@H](S[C@@H]1O[C@H](CO)[C@H](O)[C@H](n2cc(-c3cc(F)c(F)c(F)c3)nn2)[C@H]1O)C1(O)CCOCC1. The third-order valence-electron chi connectivity index (χ3n) is 8.67. The molecule has 1 aromatic heterocycles. The van der Waals surface area contributed by atoms with Crippen molar-refractivity contribution in [3.05, 3.63) is 35.8 Å². The van der Waals surface area contributed by atoms with Crippen molar-refractivity contribution in [2.75, 3.05) is 33.4 Å². The summed E-state index contributed by atoms with van der Waals surface area (Å²) in [6.07, 6.45) is 1.60. The molecule has 3 aliphatic rings. The van der Waals surface area contributed by atoms with E-state index in [1.54, 1.807) is 11.9 Å². The second-order valence-corrected chi connectivity index (χ2v) is 12.8. The lowest BCUT2D eigenvalue weighted by Gasteiger charge is -2.45. The lowest BCUT2D eigenvalue weighted by Crippen LogP contribution is -2.58. The molecule has 2 saturated heterocycles. The zero-order valence-electron chi connectivity index (χ0n) is 23.7. The highest BCUT2D eigenvalue weighted by Crippen LogP contribution is 2.42. The van der Waals surface area contributed by atoms with Crippen molar-refractivity contribution in [1.29, 1.82) is 0 Å². The maximum Gasteiger partial charge on any atom is 0.238 e. The quantitative estimate of drug-likeness (QED) is 0.301. The molecule has 238 valence electrons. The first-order chi connectivity index (χ1) is 20.5. The Balaban J connectivity index is 1.41. The van der Waals surface area contributed by atoms with Crippen LogP contribution < -0.4 is 0 Å². The van der Waals surface area contributed by atoms with Gasteiger partial charge in [0, 0.05) is 45.2 Å². The Morgan fingerprint density at radius 3 is 2.44 bits per heavy atom. The number of hydrogen-bond acceptors (Lipinski definition) is 10. The summed E-state index contributed by atoms with van der Waals surface area (Å²) in [5.74, 6) is -4.45. The van der Waals surface area contributed by atoms with Crippen molar-refractivity contribution in [1.82, 2.24) is 19.9 Å². The van der Waals surface area contributed by atoms with Crippen LogP contribution in [0.3, 0.4) is 0 Å². The van der Waals surface area contributed by atoms with E-state index in [-0.39, 0.29) is 43.2 Å². The molecule has 3 fully saturated rings. The number of benzene rings is 1. The fourth-order valence-electron chi connectivity index (χ4n) is 6.16. The minimum absolute atomic E-state index is 0.0634. The van der Waals surface area contributed by atoms with Crippen LogP contribution in [-0.2, 0) is 14.3 Å². The number of ether oxygens (including phenoxy) is 2. The molecule has 43 heavy (non-hydrogen) atoms. The van der Waals surface area contributed by atoms with Crippen molar-refractivity contribution in [2.24, 2.45) is 5.92 Å². The van der Waals surface area contributed by atoms with Crippen molar-refractivity contribution >= 4 is 17.7 Å². The molecule has 1 saturated carbocycles. The Morgan fingerprint density at radius 1 is 1.16 bits per heavy atom. The van der Waals surface area contributed by atoms with Gasteiger partial charge >= 0.3 is 0 Å². The van der Waals surface area contributed by atoms with Crippen molar-refractivity contribution in [3.63, 3.8) is 0 Å². The molecule has 3 heterocycles. The van der Waals surface area contributed by atoms with Crippen LogP contribution in [0.2, 0.25) is 0 Å². The van der Waals surface area contributed by atoms with E-state index in [1.165, 1.54) is 6.20 Å². The second-order valence-electron chi connectivity index (χ2n) is 11.6. The van der Waals surface area contributed by atoms with E-state index >= 15 is 0 Å². The van der Waals surface area contributed by atoms with E-state index in [9.17, 15) is 38.4 Å². The van der Waals surface area contributed by atoms with Gasteiger partial charge in [0.1, 0.15) is 40.7 Å². The van der Waals surface area contributed by atoms with E-state index < -0.39 is 64.7 Å². The highest BCUT2D eigenvalue weighted by Gasteiger charge is 2.51. The minimum atomic E-state index is -1.64. The molecule has 1 amide bonds. The van der Waals surface area contributed by atoms with E-state index in [0.29, 0.717) is 12.5 Å². The summed E-state index contributed by atoms with van der Waals surface area (Å²) >= 11 is 0.908. The smallest absolute Gasteiger partial charge is 0.238 e. The molecule has 2 aromatic rings. The fourth-order valence-corrected chi connectivity index (χ4v) is 7.74. The molecule has 6 atom stereocenters. The molecule has 1 aromatic carbocycles. The lowest BCUT2D eigenvalue weighted by atomic mass is 9.89. The van der Waals surface area contributed by atoms with Crippen molar-refractivity contribution in [3.8, 4) is 11.3 Å². The van der Waals surface area contributed by atoms with Crippen LogP contribution in [0.1, 0.15) is 44.6 Å². The topological polar surface area (TPSA) is 150 Å². The number of halogens is 3. The van der Waals surface area contributed by atoms with Gasteiger partial charge in [0.25, 0.3) is 0 Å². The van der Waals surface area contributed by atoms with E-state index in [0.717, 1.165) is 54.3 Å². The first-order valence-electron chi connectivity index (χ1n) is 14.4. The Hall–Kier alpha value is -2.27. The van der Waals surface area contributed by atoms with Gasteiger partial charge in [-0.1, -0.05) is 18.1 Å². The molecule has 15 heteroatoms. The number of hydrogen-bond donors (Lipinski definition) is 4. The summed E-state index contributed by atoms with van der Waals surface area (Å²) in [6, 6.07) is 0.216. The Labute approximate surface area is 251 Å². The second kappa shape index (κ2) is 13.4. The van der Waals surface area contributed by atoms with Crippen LogP contribution in [0.5, 0.6) is 0 Å². The van der Waals surface area contributed by atoms with Crippen LogP contribution >= 0.6 is 11.8 Å². The van der Waals surface area contributed by atoms with Gasteiger partial charge in [-0.15, -0.1) is 16.9 Å². The van der Waals surface area contributed by atoms with Gasteiger partial charge < -0.3 is 34.8 Å². The Morgan fingerprint density at radius 2 is 1.81 bits per heavy atom. The number of nitrogens with zero attached hydrogens (tertiary/aromatic N) is 4. The van der Waals surface area contributed by atoms with Gasteiger partial charge in [0.15, 0.2) is 17.5 Å². The maximum atomic E-state index is 13.9. The molecular weight excluding hydrogens is 593 g/mol. The maximum absolute atomic E-state index is 13.9. The normalized spacial score (nSPS) is 28.6. The number of rotatable bonds is 9. The summed E-state index contributed by atoms with van der Waals surface area (Å²) in [5.41, 5.74) is -2.86. The largest absolute Gasteiger partial charge is 0.394 e. The first kappa shape index (κ1) is 32.1. The molecule has 1 aliphatic carbocycles. The molecule has 0 radical (unpaired) electrons. The molecule has 0 unspecified atom stereocenters.